The quantitative estimate of drug-likeness (QED) is 0.0732. The number of ether oxygens (including phenoxy) is 1. The minimum Gasteiger partial charge on any atom is -0.468 e. The number of hydrogen-bond acceptors (Lipinski definition) is 14. The van der Waals surface area contributed by atoms with E-state index in [0.29, 0.717) is 81.4 Å². The second-order valence-electron chi connectivity index (χ2n) is 19.1. The molecule has 21 nitrogen and oxygen atoms in total. The SMILES string of the molecule is COC(=O)Cn1cc(CNC(=O)Cn2nc(C3CCN(C(=O)CCC(=O)NCCNC(=O)C[C@@H]4N=C(c5ccc(Cl)cc5)c5c(sc(C)c5C)-n5c(C)nnc54)CC3)c3c(-c4cc5c(cnn5C)cc4F)cccc32)nn1. The van der Waals surface area contributed by atoms with Crippen LogP contribution in [0.15, 0.2) is 72.0 Å². The van der Waals surface area contributed by atoms with Gasteiger partial charge in [-0.25, -0.2) is 9.07 Å². The summed E-state index contributed by atoms with van der Waals surface area (Å²) < 4.78 is 27.3. The third-order valence-electron chi connectivity index (χ3n) is 14.1. The number of thiophene rings is 1. The number of carbonyl (C=O) groups is 5. The van der Waals surface area contributed by atoms with Crippen LogP contribution >= 0.6 is 22.9 Å². The predicted molar refractivity (Wildman–Crippen MR) is 285 cm³/mol. The molecule has 4 amide bonds. The maximum absolute atomic E-state index is 16.1. The van der Waals surface area contributed by atoms with E-state index in [1.807, 2.05) is 47.9 Å². The van der Waals surface area contributed by atoms with Gasteiger partial charge in [0.2, 0.25) is 23.6 Å². The fraction of sp³-hybridized carbons (Fsp3) is 0.358. The normalized spacial score (nSPS) is 14.5. The number of halogens is 2. The van der Waals surface area contributed by atoms with Crippen molar-refractivity contribution in [3.63, 3.8) is 0 Å². The van der Waals surface area contributed by atoms with E-state index in [1.54, 1.807) is 57.2 Å². The summed E-state index contributed by atoms with van der Waals surface area (Å²) in [4.78, 5) is 73.3. The summed E-state index contributed by atoms with van der Waals surface area (Å²) in [5, 5.41) is 37.6. The van der Waals surface area contributed by atoms with Crippen molar-refractivity contribution in [2.75, 3.05) is 33.3 Å². The fourth-order valence-electron chi connectivity index (χ4n) is 10.00. The van der Waals surface area contributed by atoms with Crippen molar-refractivity contribution in [1.29, 1.82) is 0 Å². The minimum atomic E-state index is -0.646. The number of likely N-dealkylation sites (tertiary alicyclic amines) is 1. The summed E-state index contributed by atoms with van der Waals surface area (Å²) >= 11 is 7.88. The number of amides is 4. The average molecular weight is 1080 g/mol. The van der Waals surface area contributed by atoms with Gasteiger partial charge in [-0.05, 0) is 75.1 Å². The summed E-state index contributed by atoms with van der Waals surface area (Å²) in [6, 6.07) is 15.6. The number of rotatable bonds is 17. The average Bonchev–Trinajstić information content (AvgIpc) is 4.31. The van der Waals surface area contributed by atoms with E-state index in [9.17, 15) is 24.0 Å². The van der Waals surface area contributed by atoms with Gasteiger partial charge in [-0.15, -0.1) is 26.6 Å². The van der Waals surface area contributed by atoms with E-state index in [0.717, 1.165) is 37.8 Å². The first-order valence-corrected chi connectivity index (χ1v) is 26.3. The van der Waals surface area contributed by atoms with Gasteiger partial charge >= 0.3 is 5.97 Å². The number of piperidine rings is 1. The van der Waals surface area contributed by atoms with Gasteiger partial charge in [0.1, 0.15) is 41.5 Å². The summed E-state index contributed by atoms with van der Waals surface area (Å²) in [7, 11) is 3.07. The fourth-order valence-corrected chi connectivity index (χ4v) is 11.3. The predicted octanol–water partition coefficient (Wildman–Crippen LogP) is 5.73. The number of fused-ring (bicyclic) bond motifs is 5. The zero-order chi connectivity index (χ0) is 54.1. The molecule has 0 bridgehead atoms. The zero-order valence-electron chi connectivity index (χ0n) is 43.0. The van der Waals surface area contributed by atoms with Gasteiger partial charge < -0.3 is 25.6 Å². The van der Waals surface area contributed by atoms with Crippen molar-refractivity contribution in [2.24, 2.45) is 12.0 Å². The highest BCUT2D eigenvalue weighted by molar-refractivity contribution is 7.15. The molecule has 2 aliphatic rings. The smallest absolute Gasteiger partial charge is 0.327 e. The molecule has 0 spiro atoms. The molecule has 8 aromatic rings. The van der Waals surface area contributed by atoms with Gasteiger partial charge in [0.05, 0.1) is 54.9 Å². The molecule has 77 heavy (non-hydrogen) atoms. The molecule has 10 rings (SSSR count). The Balaban J connectivity index is 0.752. The van der Waals surface area contributed by atoms with Crippen LogP contribution in [0.1, 0.15) is 88.7 Å². The molecular formula is C53H55ClFN15O6S. The largest absolute Gasteiger partial charge is 0.468 e. The van der Waals surface area contributed by atoms with E-state index >= 15 is 4.39 Å². The molecule has 5 aromatic heterocycles. The monoisotopic (exact) mass is 1080 g/mol. The first kappa shape index (κ1) is 52.3. The maximum atomic E-state index is 16.1. The number of aliphatic imine (C=N–C) groups is 1. The van der Waals surface area contributed by atoms with Gasteiger partial charge in [0.15, 0.2) is 5.82 Å². The number of aromatic nitrogens is 10. The molecule has 3 aromatic carbocycles. The van der Waals surface area contributed by atoms with Gasteiger partial charge in [0, 0.05) is 89.3 Å². The molecule has 2 aliphatic heterocycles. The molecule has 0 unspecified atom stereocenters. The molecule has 1 fully saturated rings. The van der Waals surface area contributed by atoms with Crippen LogP contribution < -0.4 is 16.0 Å². The summed E-state index contributed by atoms with van der Waals surface area (Å²) in [5.74, 6) is -0.949. The van der Waals surface area contributed by atoms with Gasteiger partial charge in [-0.3, -0.25) is 42.9 Å². The Hall–Kier alpha value is -8.18. The van der Waals surface area contributed by atoms with Crippen molar-refractivity contribution >= 4 is 80.1 Å². The van der Waals surface area contributed by atoms with Crippen LogP contribution in [-0.4, -0.2) is 123 Å². The standard InChI is InChI=1S/C53H55ClFN15O6S/c1-29-30(2)77-53-48(29)50(32-9-11-35(54)12-10-32)60-40(52-63-61-31(3)70(52)53)23-44(72)57-18-17-56-43(71)13-14-46(74)67-19-15-33(16-20-67)51-49-37(38-22-42-34(21-39(38)55)24-59-66(42)4)7-6-8-41(49)69(64-51)27-45(73)58-25-36-26-68(65-62-36)28-47(75)76-5/h6-12,21-22,24,26,33,40H,13-20,23,25,27-28H2,1-5H3,(H,56,71)(H,57,72)(H,58,73)/t40-/m0/s1. The Labute approximate surface area is 449 Å². The van der Waals surface area contributed by atoms with Crippen LogP contribution in [-0.2, 0) is 55.4 Å². The Morgan fingerprint density at radius 1 is 0.870 bits per heavy atom. The Bertz CT molecular complexity index is 3630. The lowest BCUT2D eigenvalue weighted by Crippen LogP contribution is -2.39. The third-order valence-corrected chi connectivity index (χ3v) is 15.5. The third kappa shape index (κ3) is 10.9. The topological polar surface area (TPSA) is 243 Å². The van der Waals surface area contributed by atoms with Crippen LogP contribution in [0.2, 0.25) is 5.02 Å². The second kappa shape index (κ2) is 22.2. The number of hydrogen-bond donors (Lipinski definition) is 3. The highest BCUT2D eigenvalue weighted by Crippen LogP contribution is 2.42. The number of methoxy groups -OCH3 is 1. The lowest BCUT2D eigenvalue weighted by atomic mass is 9.88. The minimum absolute atomic E-state index is 0.00273. The van der Waals surface area contributed by atoms with Crippen LogP contribution in [0.3, 0.4) is 0 Å². The number of nitrogens with one attached hydrogen (secondary N) is 3. The number of carbonyl (C=O) groups excluding carboxylic acids is 5. The number of aryl methyl sites for hydroxylation is 3. The highest BCUT2D eigenvalue weighted by atomic mass is 35.5. The molecule has 398 valence electrons. The first-order valence-electron chi connectivity index (χ1n) is 25.1. The second-order valence-corrected chi connectivity index (χ2v) is 20.8. The molecule has 3 N–H and O–H groups in total. The molecular weight excluding hydrogens is 1030 g/mol. The Morgan fingerprint density at radius 3 is 2.40 bits per heavy atom. The van der Waals surface area contributed by atoms with Crippen molar-refractivity contribution in [2.45, 2.75) is 84.5 Å². The van der Waals surface area contributed by atoms with E-state index in [2.05, 4.69) is 60.1 Å². The van der Waals surface area contributed by atoms with E-state index in [4.69, 9.17) is 21.7 Å². The summed E-state index contributed by atoms with van der Waals surface area (Å²) in [6.07, 6.45) is 4.19. The van der Waals surface area contributed by atoms with Crippen LogP contribution in [0.4, 0.5) is 4.39 Å². The first-order chi connectivity index (χ1) is 37.1. The molecule has 1 saturated heterocycles. The van der Waals surface area contributed by atoms with E-state index in [1.165, 1.54) is 17.9 Å². The van der Waals surface area contributed by atoms with Crippen LogP contribution in [0.25, 0.3) is 37.9 Å². The lowest BCUT2D eigenvalue weighted by Gasteiger charge is -2.31. The highest BCUT2D eigenvalue weighted by Gasteiger charge is 2.33. The maximum Gasteiger partial charge on any atom is 0.327 e. The van der Waals surface area contributed by atoms with E-state index < -0.39 is 17.8 Å². The number of esters is 1. The van der Waals surface area contributed by atoms with Crippen molar-refractivity contribution in [3.8, 4) is 16.1 Å². The van der Waals surface area contributed by atoms with Crippen molar-refractivity contribution in [1.82, 2.24) is 70.2 Å². The van der Waals surface area contributed by atoms with E-state index in [-0.39, 0.29) is 81.5 Å². The molecule has 0 aliphatic carbocycles. The van der Waals surface area contributed by atoms with Gasteiger partial charge in [-0.2, -0.15) is 10.2 Å². The molecule has 24 heteroatoms. The molecule has 0 saturated carbocycles. The molecule has 7 heterocycles. The summed E-state index contributed by atoms with van der Waals surface area (Å²) in [5.41, 5.74) is 7.12. The number of nitrogens with zero attached hydrogens (tertiary/aromatic N) is 12. The number of benzene rings is 3. The molecule has 0 radical (unpaired) electrons. The Morgan fingerprint density at radius 2 is 1.64 bits per heavy atom. The summed E-state index contributed by atoms with van der Waals surface area (Å²) in [6.45, 7) is 6.90. The van der Waals surface area contributed by atoms with Gasteiger partial charge in [0.25, 0.3) is 0 Å². The van der Waals surface area contributed by atoms with Crippen molar-refractivity contribution < 1.29 is 33.1 Å². The van der Waals surface area contributed by atoms with Crippen molar-refractivity contribution in [3.05, 3.63) is 122 Å². The molecule has 1 atom stereocenters. The van der Waals surface area contributed by atoms with Gasteiger partial charge in [-0.1, -0.05) is 41.1 Å². The van der Waals surface area contributed by atoms with Crippen LogP contribution in [0.5, 0.6) is 0 Å². The Kier molecular flexibility index (Phi) is 15.1. The van der Waals surface area contributed by atoms with Crippen LogP contribution in [0, 0.1) is 26.6 Å². The zero-order valence-corrected chi connectivity index (χ0v) is 44.5. The lowest BCUT2D eigenvalue weighted by molar-refractivity contribution is -0.141.